The molecule has 140 valence electrons. The highest BCUT2D eigenvalue weighted by Gasteiger charge is 2.40. The summed E-state index contributed by atoms with van der Waals surface area (Å²) in [7, 11) is 0. The minimum absolute atomic E-state index is 0.612. The standard InChI is InChI=1S/C27H27N/c1-20(22-10-4-2-5-11-22)18-21-16-17-27-25(19-21)24-14-8-9-15-26(24)28(27)23-12-6-3-7-13-23/h2-7,10-13,16-19,24,26H,8-9,14-15H2,1H3/b20-18-. The molecule has 3 aromatic carbocycles. The third-order valence-corrected chi connectivity index (χ3v) is 6.42. The number of nitrogens with zero attached hydrogens (tertiary/aromatic N) is 1. The first-order chi connectivity index (χ1) is 13.8. The van der Waals surface area contributed by atoms with Gasteiger partial charge in [-0.2, -0.15) is 0 Å². The Morgan fingerprint density at radius 2 is 1.57 bits per heavy atom. The first kappa shape index (κ1) is 17.3. The second-order valence-electron chi connectivity index (χ2n) is 8.18. The molecule has 2 unspecified atom stereocenters. The Bertz CT molecular complexity index is 987. The summed E-state index contributed by atoms with van der Waals surface area (Å²) in [6.07, 6.45) is 7.64. The zero-order chi connectivity index (χ0) is 18.9. The summed E-state index contributed by atoms with van der Waals surface area (Å²) in [6, 6.07) is 29.3. The average Bonchev–Trinajstić information content (AvgIpc) is 3.09. The monoisotopic (exact) mass is 365 g/mol. The van der Waals surface area contributed by atoms with E-state index in [-0.39, 0.29) is 0 Å². The van der Waals surface area contributed by atoms with Gasteiger partial charge in [0.25, 0.3) is 0 Å². The SMILES string of the molecule is C/C(=C/c1ccc2c(c1)C1CCCCC1N2c1ccccc1)c1ccccc1. The number of hydrogen-bond acceptors (Lipinski definition) is 1. The lowest BCUT2D eigenvalue weighted by molar-refractivity contribution is 0.402. The van der Waals surface area contributed by atoms with E-state index in [1.807, 2.05) is 0 Å². The van der Waals surface area contributed by atoms with Crippen LogP contribution in [0.3, 0.4) is 0 Å². The van der Waals surface area contributed by atoms with E-state index in [1.54, 1.807) is 5.56 Å². The third-order valence-electron chi connectivity index (χ3n) is 6.42. The van der Waals surface area contributed by atoms with Gasteiger partial charge in [-0.3, -0.25) is 0 Å². The van der Waals surface area contributed by atoms with Crippen molar-refractivity contribution in [3.8, 4) is 0 Å². The molecule has 0 saturated heterocycles. The molecule has 0 radical (unpaired) electrons. The lowest BCUT2D eigenvalue weighted by Crippen LogP contribution is -2.32. The number of allylic oxidation sites excluding steroid dienone is 1. The predicted octanol–water partition coefficient (Wildman–Crippen LogP) is 7.43. The maximum absolute atomic E-state index is 2.61. The van der Waals surface area contributed by atoms with Gasteiger partial charge in [-0.1, -0.05) is 73.5 Å². The van der Waals surface area contributed by atoms with E-state index in [2.05, 4.69) is 96.8 Å². The third kappa shape index (κ3) is 3.05. The Morgan fingerprint density at radius 1 is 0.857 bits per heavy atom. The van der Waals surface area contributed by atoms with Gasteiger partial charge in [0.2, 0.25) is 0 Å². The van der Waals surface area contributed by atoms with Crippen molar-refractivity contribution in [3.63, 3.8) is 0 Å². The summed E-state index contributed by atoms with van der Waals surface area (Å²) >= 11 is 0. The molecular formula is C27H27N. The average molecular weight is 366 g/mol. The Balaban J connectivity index is 1.55. The fourth-order valence-electron chi connectivity index (χ4n) is 5.09. The molecule has 2 aliphatic rings. The van der Waals surface area contributed by atoms with Crippen molar-refractivity contribution in [3.05, 3.63) is 95.6 Å². The predicted molar refractivity (Wildman–Crippen MR) is 120 cm³/mol. The molecule has 28 heavy (non-hydrogen) atoms. The first-order valence-electron chi connectivity index (χ1n) is 10.5. The molecule has 1 heteroatoms. The highest BCUT2D eigenvalue weighted by molar-refractivity contribution is 5.82. The molecule has 3 aromatic rings. The zero-order valence-corrected chi connectivity index (χ0v) is 16.5. The summed E-state index contributed by atoms with van der Waals surface area (Å²) < 4.78 is 0. The van der Waals surface area contributed by atoms with Gasteiger partial charge in [0.05, 0.1) is 0 Å². The molecule has 2 atom stereocenters. The highest BCUT2D eigenvalue weighted by atomic mass is 15.2. The maximum atomic E-state index is 2.61. The van der Waals surface area contributed by atoms with Crippen molar-refractivity contribution in [1.82, 2.24) is 0 Å². The van der Waals surface area contributed by atoms with Gasteiger partial charge in [-0.05, 0) is 66.3 Å². The second kappa shape index (κ2) is 7.31. The van der Waals surface area contributed by atoms with E-state index in [9.17, 15) is 0 Å². The van der Waals surface area contributed by atoms with Crippen LogP contribution in [-0.2, 0) is 0 Å². The van der Waals surface area contributed by atoms with Gasteiger partial charge in [-0.15, -0.1) is 0 Å². The van der Waals surface area contributed by atoms with E-state index in [1.165, 1.54) is 53.8 Å². The molecule has 0 aromatic heterocycles. The van der Waals surface area contributed by atoms with Gasteiger partial charge in [-0.25, -0.2) is 0 Å². The van der Waals surface area contributed by atoms with E-state index >= 15 is 0 Å². The number of rotatable bonds is 3. The minimum atomic E-state index is 0.612. The van der Waals surface area contributed by atoms with Crippen molar-refractivity contribution in [2.24, 2.45) is 0 Å². The number of benzene rings is 3. The minimum Gasteiger partial charge on any atom is -0.338 e. The molecule has 0 N–H and O–H groups in total. The van der Waals surface area contributed by atoms with E-state index in [0.717, 1.165) is 0 Å². The molecule has 0 amide bonds. The van der Waals surface area contributed by atoms with Crippen LogP contribution in [-0.4, -0.2) is 6.04 Å². The zero-order valence-electron chi connectivity index (χ0n) is 16.5. The van der Waals surface area contributed by atoms with Crippen LogP contribution in [0, 0.1) is 0 Å². The normalized spacial score (nSPS) is 21.3. The quantitative estimate of drug-likeness (QED) is 0.436. The van der Waals surface area contributed by atoms with Crippen LogP contribution in [0.25, 0.3) is 11.6 Å². The molecule has 0 bridgehead atoms. The molecule has 5 rings (SSSR count). The van der Waals surface area contributed by atoms with Gasteiger partial charge >= 0.3 is 0 Å². The Hall–Kier alpha value is -2.80. The molecule has 1 aliphatic carbocycles. The Kier molecular flexibility index (Phi) is 4.52. The largest absolute Gasteiger partial charge is 0.338 e. The van der Waals surface area contributed by atoms with E-state index in [0.29, 0.717) is 12.0 Å². The van der Waals surface area contributed by atoms with E-state index in [4.69, 9.17) is 0 Å². The summed E-state index contributed by atoms with van der Waals surface area (Å²) in [5.41, 5.74) is 8.23. The topological polar surface area (TPSA) is 3.24 Å². The molecular weight excluding hydrogens is 338 g/mol. The smallest absolute Gasteiger partial charge is 0.0450 e. The number of para-hydroxylation sites is 1. The second-order valence-corrected chi connectivity index (χ2v) is 8.18. The fraction of sp³-hybridized carbons (Fsp3) is 0.259. The van der Waals surface area contributed by atoms with Crippen LogP contribution < -0.4 is 4.90 Å². The van der Waals surface area contributed by atoms with Crippen molar-refractivity contribution in [2.75, 3.05) is 4.90 Å². The Labute approximate surface area is 168 Å². The van der Waals surface area contributed by atoms with Crippen LogP contribution in [0.2, 0.25) is 0 Å². The van der Waals surface area contributed by atoms with Crippen LogP contribution in [0.1, 0.15) is 55.2 Å². The molecule has 1 fully saturated rings. The van der Waals surface area contributed by atoms with Crippen LogP contribution in [0.4, 0.5) is 11.4 Å². The van der Waals surface area contributed by atoms with Gasteiger partial charge in [0, 0.05) is 23.3 Å². The summed E-state index contributed by atoms with van der Waals surface area (Å²) in [6.45, 7) is 2.21. The maximum Gasteiger partial charge on any atom is 0.0450 e. The van der Waals surface area contributed by atoms with Gasteiger partial charge in [0.15, 0.2) is 0 Å². The number of fused-ring (bicyclic) bond motifs is 3. The van der Waals surface area contributed by atoms with Crippen LogP contribution in [0.15, 0.2) is 78.9 Å². The van der Waals surface area contributed by atoms with Gasteiger partial charge in [0.1, 0.15) is 0 Å². The summed E-state index contributed by atoms with van der Waals surface area (Å²) in [5.74, 6) is 0.661. The molecule has 1 heterocycles. The van der Waals surface area contributed by atoms with Crippen LogP contribution in [0.5, 0.6) is 0 Å². The number of hydrogen-bond donors (Lipinski definition) is 0. The van der Waals surface area contributed by atoms with Gasteiger partial charge < -0.3 is 4.90 Å². The van der Waals surface area contributed by atoms with Crippen molar-refractivity contribution < 1.29 is 0 Å². The van der Waals surface area contributed by atoms with E-state index < -0.39 is 0 Å². The summed E-state index contributed by atoms with van der Waals surface area (Å²) in [4.78, 5) is 2.61. The first-order valence-corrected chi connectivity index (χ1v) is 10.5. The molecule has 1 aliphatic heterocycles. The fourth-order valence-corrected chi connectivity index (χ4v) is 5.09. The molecule has 1 saturated carbocycles. The summed E-state index contributed by atoms with van der Waals surface area (Å²) in [5, 5.41) is 0. The van der Waals surface area contributed by atoms with Crippen molar-refractivity contribution in [1.29, 1.82) is 0 Å². The lowest BCUT2D eigenvalue weighted by Gasteiger charge is -2.33. The Morgan fingerprint density at radius 3 is 2.36 bits per heavy atom. The molecule has 0 spiro atoms. The molecule has 1 nitrogen and oxygen atoms in total. The number of anilines is 2. The van der Waals surface area contributed by atoms with Crippen LogP contribution >= 0.6 is 0 Å². The highest BCUT2D eigenvalue weighted by Crippen LogP contribution is 2.51. The van der Waals surface area contributed by atoms with Crippen molar-refractivity contribution >= 4 is 23.0 Å². The van der Waals surface area contributed by atoms with Crippen molar-refractivity contribution in [2.45, 2.75) is 44.6 Å². The lowest BCUT2D eigenvalue weighted by atomic mass is 9.82.